The molecule has 1 N–H and O–H groups in total. The smallest absolute Gasteiger partial charge is 0.0468 e. The van der Waals surface area contributed by atoms with E-state index >= 15 is 0 Å². The molecule has 0 spiro atoms. The third-order valence-electron chi connectivity index (χ3n) is 3.03. The van der Waals surface area contributed by atoms with Gasteiger partial charge in [0.15, 0.2) is 0 Å². The van der Waals surface area contributed by atoms with Crippen molar-refractivity contribution in [1.82, 2.24) is 5.32 Å². The van der Waals surface area contributed by atoms with Gasteiger partial charge in [-0.2, -0.15) is 0 Å². The van der Waals surface area contributed by atoms with E-state index in [2.05, 4.69) is 5.32 Å². The van der Waals surface area contributed by atoms with E-state index in [9.17, 15) is 0 Å². The molecule has 0 amide bonds. The molecule has 11 heavy (non-hydrogen) atoms. The van der Waals surface area contributed by atoms with Crippen molar-refractivity contribution < 1.29 is 4.74 Å². The minimum atomic E-state index is 0.957. The normalized spacial score (nSPS) is 34.4. The molecule has 2 fully saturated rings. The molecule has 2 aliphatic rings. The Kier molecular flexibility index (Phi) is 2.44. The first-order chi connectivity index (χ1) is 5.47. The molecule has 2 aliphatic heterocycles. The molecule has 0 aromatic rings. The molecule has 0 radical (unpaired) electrons. The fourth-order valence-corrected chi connectivity index (χ4v) is 2.27. The molecule has 0 aromatic heterocycles. The van der Waals surface area contributed by atoms with Crippen molar-refractivity contribution in [1.29, 1.82) is 0 Å². The largest absolute Gasteiger partial charge is 0.381 e. The van der Waals surface area contributed by atoms with Crippen molar-refractivity contribution in [3.05, 3.63) is 0 Å². The highest BCUT2D eigenvalue weighted by Crippen LogP contribution is 2.27. The third kappa shape index (κ3) is 1.74. The van der Waals surface area contributed by atoms with E-state index in [-0.39, 0.29) is 0 Å². The van der Waals surface area contributed by atoms with Crippen LogP contribution in [-0.4, -0.2) is 26.3 Å². The Morgan fingerprint density at radius 2 is 1.82 bits per heavy atom. The van der Waals surface area contributed by atoms with E-state index in [1.54, 1.807) is 0 Å². The lowest BCUT2D eigenvalue weighted by Crippen LogP contribution is -2.24. The maximum Gasteiger partial charge on any atom is 0.0468 e. The van der Waals surface area contributed by atoms with Crippen LogP contribution in [0.4, 0.5) is 0 Å². The first kappa shape index (κ1) is 7.56. The molecular formula is C9H17NO. The zero-order chi connectivity index (χ0) is 7.52. The number of ether oxygens (including phenoxy) is 1. The van der Waals surface area contributed by atoms with Crippen LogP contribution in [0.2, 0.25) is 0 Å². The summed E-state index contributed by atoms with van der Waals surface area (Å²) in [7, 11) is 0. The zero-order valence-corrected chi connectivity index (χ0v) is 7.01. The van der Waals surface area contributed by atoms with Crippen LogP contribution in [0.1, 0.15) is 19.3 Å². The average molecular weight is 155 g/mol. The summed E-state index contributed by atoms with van der Waals surface area (Å²) in [6, 6.07) is 0. The van der Waals surface area contributed by atoms with Gasteiger partial charge >= 0.3 is 0 Å². The highest BCUT2D eigenvalue weighted by Gasteiger charge is 2.25. The maximum atomic E-state index is 5.34. The molecule has 0 saturated carbocycles. The predicted molar refractivity (Wildman–Crippen MR) is 44.5 cm³/mol. The molecule has 2 rings (SSSR count). The lowest BCUT2D eigenvalue weighted by molar-refractivity contribution is 0.0497. The summed E-state index contributed by atoms with van der Waals surface area (Å²) in [4.78, 5) is 0. The summed E-state index contributed by atoms with van der Waals surface area (Å²) in [5, 5.41) is 3.43. The Bertz CT molecular complexity index is 115. The Hall–Kier alpha value is -0.0800. The van der Waals surface area contributed by atoms with Gasteiger partial charge in [0.1, 0.15) is 0 Å². The summed E-state index contributed by atoms with van der Waals surface area (Å²) < 4.78 is 5.34. The fraction of sp³-hybridized carbons (Fsp3) is 1.00. The van der Waals surface area contributed by atoms with E-state index in [0.717, 1.165) is 25.0 Å². The summed E-state index contributed by atoms with van der Waals surface area (Å²) >= 11 is 0. The molecule has 2 nitrogen and oxygen atoms in total. The summed E-state index contributed by atoms with van der Waals surface area (Å²) in [6.45, 7) is 4.50. The minimum Gasteiger partial charge on any atom is -0.381 e. The third-order valence-corrected chi connectivity index (χ3v) is 3.03. The Morgan fingerprint density at radius 3 is 2.45 bits per heavy atom. The molecule has 0 aliphatic carbocycles. The van der Waals surface area contributed by atoms with E-state index in [4.69, 9.17) is 4.74 Å². The van der Waals surface area contributed by atoms with Gasteiger partial charge in [-0.05, 0) is 44.2 Å². The standard InChI is InChI=1S/C9H17NO/c1-4-10-7-9(1)8-2-5-11-6-3-8/h8-10H,1-7H2/t9-/m1/s1. The van der Waals surface area contributed by atoms with Gasteiger partial charge in [0.25, 0.3) is 0 Å². The number of nitrogens with one attached hydrogen (secondary N) is 1. The highest BCUT2D eigenvalue weighted by molar-refractivity contribution is 4.79. The summed E-state index contributed by atoms with van der Waals surface area (Å²) in [6.07, 6.45) is 3.99. The van der Waals surface area contributed by atoms with Gasteiger partial charge in [0, 0.05) is 13.2 Å². The fourth-order valence-electron chi connectivity index (χ4n) is 2.27. The van der Waals surface area contributed by atoms with Crippen molar-refractivity contribution in [3.63, 3.8) is 0 Å². The van der Waals surface area contributed by atoms with Crippen LogP contribution in [-0.2, 0) is 4.74 Å². The number of hydrogen-bond acceptors (Lipinski definition) is 2. The van der Waals surface area contributed by atoms with Crippen molar-refractivity contribution in [2.24, 2.45) is 11.8 Å². The van der Waals surface area contributed by atoms with Crippen molar-refractivity contribution in [2.75, 3.05) is 26.3 Å². The second kappa shape index (κ2) is 3.55. The van der Waals surface area contributed by atoms with Gasteiger partial charge < -0.3 is 10.1 Å². The van der Waals surface area contributed by atoms with Gasteiger partial charge in [-0.15, -0.1) is 0 Å². The summed E-state index contributed by atoms with van der Waals surface area (Å²) in [5.74, 6) is 1.91. The van der Waals surface area contributed by atoms with E-state index in [1.807, 2.05) is 0 Å². The van der Waals surface area contributed by atoms with Crippen molar-refractivity contribution >= 4 is 0 Å². The zero-order valence-electron chi connectivity index (χ0n) is 7.01. The van der Waals surface area contributed by atoms with Gasteiger partial charge in [-0.1, -0.05) is 0 Å². The second-order valence-corrected chi connectivity index (χ2v) is 3.70. The lowest BCUT2D eigenvalue weighted by atomic mass is 9.85. The highest BCUT2D eigenvalue weighted by atomic mass is 16.5. The van der Waals surface area contributed by atoms with Crippen molar-refractivity contribution in [2.45, 2.75) is 19.3 Å². The second-order valence-electron chi connectivity index (χ2n) is 3.70. The maximum absolute atomic E-state index is 5.34. The van der Waals surface area contributed by atoms with Gasteiger partial charge in [0.2, 0.25) is 0 Å². The van der Waals surface area contributed by atoms with Crippen LogP contribution in [0.15, 0.2) is 0 Å². The average Bonchev–Trinajstić information content (AvgIpc) is 2.58. The van der Waals surface area contributed by atoms with Crippen LogP contribution in [0.25, 0.3) is 0 Å². The van der Waals surface area contributed by atoms with Crippen molar-refractivity contribution in [3.8, 4) is 0 Å². The number of hydrogen-bond donors (Lipinski definition) is 1. The quantitative estimate of drug-likeness (QED) is 0.610. The first-order valence-corrected chi connectivity index (χ1v) is 4.75. The van der Waals surface area contributed by atoms with E-state index in [1.165, 1.54) is 32.4 Å². The molecule has 0 unspecified atom stereocenters. The van der Waals surface area contributed by atoms with Gasteiger partial charge in [0.05, 0.1) is 0 Å². The topological polar surface area (TPSA) is 21.3 Å². The van der Waals surface area contributed by atoms with E-state index in [0.29, 0.717) is 0 Å². The molecule has 2 saturated heterocycles. The van der Waals surface area contributed by atoms with Gasteiger partial charge in [-0.25, -0.2) is 0 Å². The number of rotatable bonds is 1. The Balaban J connectivity index is 1.82. The molecule has 0 aromatic carbocycles. The van der Waals surface area contributed by atoms with Crippen LogP contribution in [0.5, 0.6) is 0 Å². The van der Waals surface area contributed by atoms with Crippen LogP contribution in [0, 0.1) is 11.8 Å². The first-order valence-electron chi connectivity index (χ1n) is 4.75. The molecular weight excluding hydrogens is 138 g/mol. The lowest BCUT2D eigenvalue weighted by Gasteiger charge is -2.26. The molecule has 2 heterocycles. The Labute approximate surface area is 68.3 Å². The molecule has 1 atom stereocenters. The van der Waals surface area contributed by atoms with Crippen LogP contribution < -0.4 is 5.32 Å². The Morgan fingerprint density at radius 1 is 1.00 bits per heavy atom. The van der Waals surface area contributed by atoms with Gasteiger partial charge in [-0.3, -0.25) is 0 Å². The molecule has 0 bridgehead atoms. The molecule has 2 heteroatoms. The van der Waals surface area contributed by atoms with Crippen LogP contribution in [0.3, 0.4) is 0 Å². The SMILES string of the molecule is C1C[C@@H](C2CCOCC2)CN1. The predicted octanol–water partition coefficient (Wildman–Crippen LogP) is 1.02. The molecule has 64 valence electrons. The van der Waals surface area contributed by atoms with E-state index < -0.39 is 0 Å². The minimum absolute atomic E-state index is 0.957. The summed E-state index contributed by atoms with van der Waals surface area (Å²) in [5.41, 5.74) is 0. The van der Waals surface area contributed by atoms with Crippen LogP contribution >= 0.6 is 0 Å². The monoisotopic (exact) mass is 155 g/mol.